The molecule has 7 rings (SSSR count). The van der Waals surface area contributed by atoms with E-state index in [-0.39, 0.29) is 53.8 Å². The van der Waals surface area contributed by atoms with Crippen molar-refractivity contribution in [2.24, 2.45) is 40.4 Å². The summed E-state index contributed by atoms with van der Waals surface area (Å²) in [5.74, 6) is -0.544. The fourth-order valence-electron chi connectivity index (χ4n) is 11.9. The second kappa shape index (κ2) is 10.7. The van der Waals surface area contributed by atoms with E-state index in [1.165, 1.54) is 6.92 Å². The van der Waals surface area contributed by atoms with Gasteiger partial charge in [-0.15, -0.1) is 0 Å². The van der Waals surface area contributed by atoms with Crippen LogP contribution in [0.4, 0.5) is 0 Å². The molecule has 14 atom stereocenters. The molecule has 6 aliphatic rings. The molecular formula is C34H46NO10+. The molecule has 0 amide bonds. The maximum Gasteiger partial charge on any atom is 0.338 e. The number of benzene rings is 1. The van der Waals surface area contributed by atoms with Crippen molar-refractivity contribution in [3.63, 3.8) is 0 Å². The molecule has 1 aromatic rings. The molecule has 0 saturated heterocycles. The van der Waals surface area contributed by atoms with E-state index in [0.29, 0.717) is 37.2 Å². The van der Waals surface area contributed by atoms with E-state index in [0.717, 1.165) is 0 Å². The monoisotopic (exact) mass is 628 g/mol. The highest BCUT2D eigenvalue weighted by Gasteiger charge is 2.88. The lowest BCUT2D eigenvalue weighted by molar-refractivity contribution is -0.587. The summed E-state index contributed by atoms with van der Waals surface area (Å²) < 4.78 is 45.0. The van der Waals surface area contributed by atoms with Crippen LogP contribution in [0.1, 0.15) is 36.5 Å². The van der Waals surface area contributed by atoms with Crippen LogP contribution in [-0.2, 0) is 33.2 Å². The predicted molar refractivity (Wildman–Crippen MR) is 159 cm³/mol. The van der Waals surface area contributed by atoms with Gasteiger partial charge in [-0.05, 0) is 48.9 Å². The zero-order valence-corrected chi connectivity index (χ0v) is 27.1. The number of hydrogen-bond acceptors (Lipinski definition) is 10. The third-order valence-corrected chi connectivity index (χ3v) is 12.8. The van der Waals surface area contributed by atoms with Crippen LogP contribution < -0.4 is 4.74 Å². The van der Waals surface area contributed by atoms with E-state index in [1.807, 2.05) is 0 Å². The van der Waals surface area contributed by atoms with Gasteiger partial charge < -0.3 is 38.3 Å². The fraction of sp³-hybridized carbons (Fsp3) is 0.735. The molecule has 1 N–H and O–H groups in total. The highest BCUT2D eigenvalue weighted by atomic mass is 16.6. The molecule has 1 aliphatic heterocycles. The first kappa shape index (κ1) is 31.1. The Hall–Kier alpha value is -2.57. The number of aliphatic hydroxyl groups is 1. The first-order valence-electron chi connectivity index (χ1n) is 16.0. The summed E-state index contributed by atoms with van der Waals surface area (Å²) in [4.78, 5) is 26.2. The van der Waals surface area contributed by atoms with Crippen LogP contribution in [0.2, 0.25) is 0 Å². The summed E-state index contributed by atoms with van der Waals surface area (Å²) in [5.41, 5.74) is -2.21. The minimum Gasteiger partial charge on any atom is -0.497 e. The lowest BCUT2D eigenvalue weighted by Crippen LogP contribution is -2.74. The molecule has 1 aromatic carbocycles. The van der Waals surface area contributed by atoms with Crippen molar-refractivity contribution in [2.45, 2.75) is 68.3 Å². The Kier molecular flexibility index (Phi) is 7.41. The third-order valence-electron chi connectivity index (χ3n) is 12.8. The molecule has 5 fully saturated rings. The van der Waals surface area contributed by atoms with Gasteiger partial charge in [-0.1, -0.05) is 0 Å². The highest BCUT2D eigenvalue weighted by Crippen LogP contribution is 2.78. The molecular weight excluding hydrogens is 582 g/mol. The predicted octanol–water partition coefficient (Wildman–Crippen LogP) is 1.96. The Bertz CT molecular complexity index is 1380. The summed E-state index contributed by atoms with van der Waals surface area (Å²) >= 11 is 0. The van der Waals surface area contributed by atoms with Crippen molar-refractivity contribution < 1.29 is 52.4 Å². The van der Waals surface area contributed by atoms with Crippen LogP contribution in [0.3, 0.4) is 0 Å². The summed E-state index contributed by atoms with van der Waals surface area (Å²) in [6, 6.07) is 6.84. The zero-order valence-electron chi connectivity index (χ0n) is 27.1. The van der Waals surface area contributed by atoms with E-state index in [1.54, 1.807) is 59.8 Å². The van der Waals surface area contributed by atoms with E-state index >= 15 is 0 Å². The minimum atomic E-state index is -1.39. The van der Waals surface area contributed by atoms with Crippen LogP contribution in [-0.4, -0.2) is 119 Å². The zero-order chi connectivity index (χ0) is 32.1. The van der Waals surface area contributed by atoms with Crippen LogP contribution in [0.15, 0.2) is 24.3 Å². The van der Waals surface area contributed by atoms with Gasteiger partial charge in [-0.25, -0.2) is 9.37 Å². The Balaban J connectivity index is 1.39. The van der Waals surface area contributed by atoms with Gasteiger partial charge in [0, 0.05) is 53.6 Å². The maximum atomic E-state index is 13.7. The lowest BCUT2D eigenvalue weighted by Gasteiger charge is -2.62. The number of carbonyl (C=O) groups excluding carboxylic acids is 2. The average Bonchev–Trinajstić information content (AvgIpc) is 3.38. The van der Waals surface area contributed by atoms with Crippen molar-refractivity contribution in [2.75, 3.05) is 49.2 Å². The third kappa shape index (κ3) is 3.85. The van der Waals surface area contributed by atoms with Gasteiger partial charge in [0.05, 0.1) is 48.9 Å². The summed E-state index contributed by atoms with van der Waals surface area (Å²) in [6.07, 6.45) is 1.37. The number of esters is 2. The quantitative estimate of drug-likeness (QED) is 0.321. The van der Waals surface area contributed by atoms with Crippen molar-refractivity contribution in [1.82, 2.24) is 0 Å². The van der Waals surface area contributed by atoms with E-state index in [9.17, 15) is 14.7 Å². The van der Waals surface area contributed by atoms with Gasteiger partial charge in [-0.3, -0.25) is 4.79 Å². The number of rotatable bonds is 9. The molecule has 0 radical (unpaired) electrons. The van der Waals surface area contributed by atoms with Gasteiger partial charge in [0.25, 0.3) is 0 Å². The van der Waals surface area contributed by atoms with Crippen molar-refractivity contribution in [1.29, 1.82) is 0 Å². The standard InChI is InChI=1S/C34H46NO10/c1-17(36)44-22-13-24(42-6)34-21-14-33(38)23(41-5)12-20(25(21)30(33)45-31(37)18-8-10-19(40-4)11-9-18)26-27(43-7)28(34)32(22,16-39-3)15-35(2)29(26)34/h8-11,15,20-30,38H,12-14,16H2,1-7H3/q+1/t20-,21+,22+,23-,24-,25+,26-,27-,28+,29?,30+,32-,33-,34-/m0/s1. The maximum absolute atomic E-state index is 13.7. The highest BCUT2D eigenvalue weighted by molar-refractivity contribution is 5.89. The molecule has 0 aromatic heterocycles. The van der Waals surface area contributed by atoms with Crippen LogP contribution >= 0.6 is 0 Å². The van der Waals surface area contributed by atoms with E-state index in [4.69, 9.17) is 33.2 Å². The normalized spacial score (nSPS) is 46.8. The first-order chi connectivity index (χ1) is 21.6. The number of ether oxygens (including phenoxy) is 7. The molecule has 5 saturated carbocycles. The number of hydrogen-bond donors (Lipinski definition) is 1. The number of nitrogens with zero attached hydrogens (tertiary/aromatic N) is 1. The SMILES string of the molecule is COC[C@@]12C=[N+](C)C3[C@H]4[C@H]5C[C@H](OC)[C@@]6(O)C[C@H]([C@@H]5[C@H]6OC(=O)c5ccc(OC)cc5)[C@]3([C@@H](OC)C[C@H]1OC(C)=O)[C@@H]2[C@H]4OC. The van der Waals surface area contributed by atoms with Crippen LogP contribution in [0.5, 0.6) is 5.75 Å². The van der Waals surface area contributed by atoms with Gasteiger partial charge in [0.2, 0.25) is 0 Å². The summed E-state index contributed by atoms with van der Waals surface area (Å²) in [5, 5.41) is 12.6. The molecule has 7 bridgehead atoms. The Morgan fingerprint density at radius 3 is 2.24 bits per heavy atom. The topological polar surface area (TPSA) is 122 Å². The number of methoxy groups -OCH3 is 5. The van der Waals surface area contributed by atoms with Gasteiger partial charge >= 0.3 is 11.9 Å². The number of carbonyl (C=O) groups is 2. The molecule has 11 nitrogen and oxygen atoms in total. The van der Waals surface area contributed by atoms with Gasteiger partial charge in [-0.2, -0.15) is 0 Å². The second-order valence-electron chi connectivity index (χ2n) is 14.2. The summed E-state index contributed by atoms with van der Waals surface area (Å²) in [6.45, 7) is 1.78. The van der Waals surface area contributed by atoms with Gasteiger partial charge in [0.15, 0.2) is 12.3 Å². The second-order valence-corrected chi connectivity index (χ2v) is 14.2. The lowest BCUT2D eigenvalue weighted by atomic mass is 9.44. The first-order valence-corrected chi connectivity index (χ1v) is 16.0. The minimum absolute atomic E-state index is 0.0115. The molecule has 45 heavy (non-hydrogen) atoms. The Morgan fingerprint density at radius 2 is 1.64 bits per heavy atom. The van der Waals surface area contributed by atoms with Gasteiger partial charge in [0.1, 0.15) is 36.0 Å². The summed E-state index contributed by atoms with van der Waals surface area (Å²) in [7, 11) is 10.5. The Morgan fingerprint density at radius 1 is 0.933 bits per heavy atom. The van der Waals surface area contributed by atoms with E-state index < -0.39 is 40.7 Å². The van der Waals surface area contributed by atoms with Crippen molar-refractivity contribution in [3.8, 4) is 5.75 Å². The van der Waals surface area contributed by atoms with Crippen molar-refractivity contribution >= 4 is 18.2 Å². The molecule has 1 unspecified atom stereocenters. The molecule has 1 spiro atoms. The van der Waals surface area contributed by atoms with Crippen LogP contribution in [0, 0.1) is 40.4 Å². The molecule has 11 heteroatoms. The van der Waals surface area contributed by atoms with E-state index in [2.05, 4.69) is 17.8 Å². The fourth-order valence-corrected chi connectivity index (χ4v) is 11.9. The smallest absolute Gasteiger partial charge is 0.338 e. The Labute approximate surface area is 264 Å². The van der Waals surface area contributed by atoms with Crippen molar-refractivity contribution in [3.05, 3.63) is 29.8 Å². The molecule has 5 aliphatic carbocycles. The number of fused-ring (bicyclic) bond motifs is 2. The average molecular weight is 629 g/mol. The molecule has 1 heterocycles. The van der Waals surface area contributed by atoms with Crippen LogP contribution in [0.25, 0.3) is 0 Å². The largest absolute Gasteiger partial charge is 0.497 e. The molecule has 246 valence electrons.